The Morgan fingerprint density at radius 1 is 0.266 bits per heavy atom. The molecule has 0 unspecified atom stereocenters. The van der Waals surface area contributed by atoms with E-state index < -0.39 is 8.07 Å². The first kappa shape index (κ1) is 36.9. The maximum absolute atomic E-state index is 2.66. The number of hydrogen-bond donors (Lipinski definition) is 0. The van der Waals surface area contributed by atoms with Crippen LogP contribution in [0.3, 0.4) is 0 Å². The molecule has 2 nitrogen and oxygen atoms in total. The molecule has 10 aromatic carbocycles. The van der Waals surface area contributed by atoms with Gasteiger partial charge in [-0.25, -0.2) is 0 Å². The highest BCUT2D eigenvalue weighted by Crippen LogP contribution is 2.40. The first-order valence-corrected chi connectivity index (χ1v) is 24.8. The summed E-state index contributed by atoms with van der Waals surface area (Å²) >= 11 is 1.87. The summed E-state index contributed by atoms with van der Waals surface area (Å²) < 4.78 is 7.56. The highest BCUT2D eigenvalue weighted by atomic mass is 32.1. The fourth-order valence-electron chi connectivity index (χ4n) is 10.6. The second-order valence-electron chi connectivity index (χ2n) is 16.8. The lowest BCUT2D eigenvalue weighted by atomic mass is 10.0. The van der Waals surface area contributed by atoms with Gasteiger partial charge in [0.05, 0.1) is 22.1 Å². The number of benzene rings is 10. The van der Waals surface area contributed by atoms with Crippen LogP contribution in [-0.2, 0) is 0 Å². The predicted octanol–water partition coefficient (Wildman–Crippen LogP) is 13.3. The van der Waals surface area contributed by atoms with Crippen LogP contribution in [0.1, 0.15) is 0 Å². The molecular formula is C60H40N2SSi. The van der Waals surface area contributed by atoms with Crippen molar-refractivity contribution >= 4 is 104 Å². The summed E-state index contributed by atoms with van der Waals surface area (Å²) in [6.45, 7) is 0. The van der Waals surface area contributed by atoms with Gasteiger partial charge in [-0.05, 0) is 92.5 Å². The third-order valence-corrected chi connectivity index (χ3v) is 19.4. The Morgan fingerprint density at radius 2 is 0.703 bits per heavy atom. The maximum atomic E-state index is 2.47. The molecule has 0 amide bonds. The van der Waals surface area contributed by atoms with Crippen LogP contribution in [0.2, 0.25) is 0 Å². The maximum Gasteiger partial charge on any atom is 0.179 e. The van der Waals surface area contributed by atoms with Crippen LogP contribution in [0, 0.1) is 0 Å². The van der Waals surface area contributed by atoms with Crippen LogP contribution in [0.4, 0.5) is 0 Å². The van der Waals surface area contributed by atoms with Crippen molar-refractivity contribution in [3.05, 3.63) is 243 Å². The van der Waals surface area contributed by atoms with Gasteiger partial charge in [0, 0.05) is 53.1 Å². The second-order valence-corrected chi connectivity index (χ2v) is 21.7. The standard InChI is InChI=1S/C60H40N2SSi/c1-4-16-45(17-5-1)64(46-18-6-2-7-19-46,47-20-8-3-9-21-47)48-33-30-43(31-34-48)61-56-26-14-11-23-50(56)54-40-44(32-37-57(54)61)62-55-25-13-10-22-49(55)51-35-28-41(38-58(51)62)42-29-36-53-52-24-12-15-27-59(52)63-60(53)39-42/h1-40H. The predicted molar refractivity (Wildman–Crippen MR) is 277 cm³/mol. The monoisotopic (exact) mass is 848 g/mol. The van der Waals surface area contributed by atoms with Gasteiger partial charge >= 0.3 is 0 Å². The smallest absolute Gasteiger partial charge is 0.179 e. The van der Waals surface area contributed by atoms with E-state index in [0.717, 1.165) is 11.4 Å². The molecule has 4 heteroatoms. The molecule has 0 N–H and O–H groups in total. The number of para-hydroxylation sites is 2. The quantitative estimate of drug-likeness (QED) is 0.112. The Balaban J connectivity index is 0.969. The molecule has 3 aromatic heterocycles. The summed E-state index contributed by atoms with van der Waals surface area (Å²) in [5.41, 5.74) is 9.55. The fraction of sp³-hybridized carbons (Fsp3) is 0. The van der Waals surface area contributed by atoms with E-state index in [9.17, 15) is 0 Å². The normalized spacial score (nSPS) is 12.1. The molecule has 0 spiro atoms. The van der Waals surface area contributed by atoms with Crippen LogP contribution >= 0.6 is 11.3 Å². The molecule has 0 fully saturated rings. The average molecular weight is 849 g/mol. The SMILES string of the molecule is c1ccc([Si](c2ccccc2)(c2ccccc2)c2ccc(-n3c4ccccc4c4cc(-n5c6ccccc6c6ccc(-c7ccc8c(c7)sc7ccccc78)cc65)ccc43)cc2)cc1. The fourth-order valence-corrected chi connectivity index (χ4v) is 16.5. The number of hydrogen-bond acceptors (Lipinski definition) is 1. The van der Waals surface area contributed by atoms with Gasteiger partial charge in [0.2, 0.25) is 0 Å². The van der Waals surface area contributed by atoms with Gasteiger partial charge in [0.25, 0.3) is 0 Å². The molecule has 0 saturated carbocycles. The van der Waals surface area contributed by atoms with Crippen molar-refractivity contribution in [2.45, 2.75) is 0 Å². The topological polar surface area (TPSA) is 9.86 Å². The molecule has 3 heterocycles. The highest BCUT2D eigenvalue weighted by molar-refractivity contribution is 7.25. The molecule has 13 rings (SSSR count). The molecule has 64 heavy (non-hydrogen) atoms. The van der Waals surface area contributed by atoms with Crippen LogP contribution < -0.4 is 20.7 Å². The van der Waals surface area contributed by atoms with Crippen molar-refractivity contribution < 1.29 is 0 Å². The minimum atomic E-state index is -2.66. The minimum Gasteiger partial charge on any atom is -0.309 e. The number of aromatic nitrogens is 2. The molecule has 0 aliphatic carbocycles. The zero-order valence-electron chi connectivity index (χ0n) is 34.9. The minimum absolute atomic E-state index is 1.15. The zero-order chi connectivity index (χ0) is 42.2. The highest BCUT2D eigenvalue weighted by Gasteiger charge is 2.41. The first-order chi connectivity index (χ1) is 31.7. The van der Waals surface area contributed by atoms with Crippen molar-refractivity contribution in [2.24, 2.45) is 0 Å². The van der Waals surface area contributed by atoms with E-state index in [4.69, 9.17) is 0 Å². The van der Waals surface area contributed by atoms with Gasteiger partial charge in [-0.2, -0.15) is 0 Å². The van der Waals surface area contributed by atoms with Crippen molar-refractivity contribution in [3.63, 3.8) is 0 Å². The van der Waals surface area contributed by atoms with Gasteiger partial charge in [-0.3, -0.25) is 0 Å². The largest absolute Gasteiger partial charge is 0.309 e. The van der Waals surface area contributed by atoms with E-state index in [1.54, 1.807) is 0 Å². The van der Waals surface area contributed by atoms with Crippen molar-refractivity contribution in [3.8, 4) is 22.5 Å². The molecule has 0 atom stereocenters. The van der Waals surface area contributed by atoms with E-state index in [2.05, 4.69) is 252 Å². The van der Waals surface area contributed by atoms with E-state index in [1.807, 2.05) is 11.3 Å². The molecule has 0 bridgehead atoms. The molecular weight excluding hydrogens is 809 g/mol. The second kappa shape index (κ2) is 14.7. The summed E-state index contributed by atoms with van der Waals surface area (Å²) in [6.07, 6.45) is 0. The van der Waals surface area contributed by atoms with Gasteiger partial charge in [0.15, 0.2) is 8.07 Å². The molecule has 0 radical (unpaired) electrons. The third-order valence-electron chi connectivity index (χ3n) is 13.5. The number of nitrogens with zero attached hydrogens (tertiary/aromatic N) is 2. The molecule has 300 valence electrons. The van der Waals surface area contributed by atoms with Gasteiger partial charge in [0.1, 0.15) is 0 Å². The van der Waals surface area contributed by atoms with E-state index in [-0.39, 0.29) is 0 Å². The Bertz CT molecular complexity index is 3790. The Labute approximate surface area is 376 Å². The van der Waals surface area contributed by atoms with Gasteiger partial charge < -0.3 is 9.13 Å². The van der Waals surface area contributed by atoms with E-state index in [1.165, 1.54) is 95.7 Å². The summed E-state index contributed by atoms with van der Waals surface area (Å²) in [6, 6.07) is 90.4. The zero-order valence-corrected chi connectivity index (χ0v) is 36.7. The molecule has 0 aliphatic rings. The Morgan fingerprint density at radius 3 is 1.34 bits per heavy atom. The van der Waals surface area contributed by atoms with Crippen LogP contribution in [0.15, 0.2) is 243 Å². The Hall–Kier alpha value is -7.76. The lowest BCUT2D eigenvalue weighted by molar-refractivity contribution is 1.17. The van der Waals surface area contributed by atoms with Crippen molar-refractivity contribution in [1.29, 1.82) is 0 Å². The number of fused-ring (bicyclic) bond motifs is 9. The first-order valence-electron chi connectivity index (χ1n) is 22.0. The van der Waals surface area contributed by atoms with Crippen molar-refractivity contribution in [1.82, 2.24) is 9.13 Å². The lowest BCUT2D eigenvalue weighted by Crippen LogP contribution is -2.74. The van der Waals surface area contributed by atoms with Crippen LogP contribution in [0.25, 0.3) is 86.3 Å². The van der Waals surface area contributed by atoms with Crippen LogP contribution in [-0.4, -0.2) is 17.2 Å². The summed E-state index contributed by atoms with van der Waals surface area (Å²) in [4.78, 5) is 0. The van der Waals surface area contributed by atoms with E-state index in [0.29, 0.717) is 0 Å². The van der Waals surface area contributed by atoms with Crippen molar-refractivity contribution in [2.75, 3.05) is 0 Å². The van der Waals surface area contributed by atoms with Crippen LogP contribution in [0.5, 0.6) is 0 Å². The van der Waals surface area contributed by atoms with Gasteiger partial charge in [-0.1, -0.05) is 182 Å². The average Bonchev–Trinajstić information content (AvgIpc) is 4.02. The number of rotatable bonds is 7. The van der Waals surface area contributed by atoms with Gasteiger partial charge in [-0.15, -0.1) is 11.3 Å². The summed E-state index contributed by atoms with van der Waals surface area (Å²) in [5, 5.41) is 13.1. The molecule has 0 saturated heterocycles. The lowest BCUT2D eigenvalue weighted by Gasteiger charge is -2.34. The third kappa shape index (κ3) is 5.56. The molecule has 0 aliphatic heterocycles. The summed E-state index contributed by atoms with van der Waals surface area (Å²) in [5.74, 6) is 0. The molecule has 13 aromatic rings. The number of thiophene rings is 1. The summed E-state index contributed by atoms with van der Waals surface area (Å²) in [7, 11) is -2.66. The van der Waals surface area contributed by atoms with E-state index >= 15 is 0 Å². The Kier molecular flexibility index (Phi) is 8.45.